The molecule has 3 N–H and O–H groups in total. The van der Waals surface area contributed by atoms with Gasteiger partial charge in [-0.25, -0.2) is 28.5 Å². The van der Waals surface area contributed by atoms with Crippen LogP contribution in [0.1, 0.15) is 53.1 Å². The Morgan fingerprint density at radius 2 is 2.03 bits per heavy atom. The van der Waals surface area contributed by atoms with Gasteiger partial charge in [-0.1, -0.05) is 17.7 Å². The van der Waals surface area contributed by atoms with E-state index >= 15 is 0 Å². The second kappa shape index (κ2) is 8.41. The van der Waals surface area contributed by atoms with E-state index in [-0.39, 0.29) is 40.9 Å². The second-order valence-electron chi connectivity index (χ2n) is 8.06. The number of hydrogen-bond acceptors (Lipinski definition) is 7. The number of aromatic nitrogens is 3. The number of rotatable bonds is 6. The van der Waals surface area contributed by atoms with Crippen molar-refractivity contribution >= 4 is 40.1 Å². The molecule has 1 atom stereocenters. The van der Waals surface area contributed by atoms with Crippen LogP contribution < -0.4 is 10.6 Å². The lowest BCUT2D eigenvalue weighted by Crippen LogP contribution is -2.44. The van der Waals surface area contributed by atoms with Crippen LogP contribution in [0.4, 0.5) is 20.3 Å². The minimum absolute atomic E-state index is 0.0185. The highest BCUT2D eigenvalue weighted by molar-refractivity contribution is 6.29. The molecule has 2 heterocycles. The Hall–Kier alpha value is -3.58. The summed E-state index contributed by atoms with van der Waals surface area (Å²) in [5.74, 6) is -3.81. The third-order valence-electron chi connectivity index (χ3n) is 5.38. The number of hydrogen-bond donors (Lipinski definition) is 3. The van der Waals surface area contributed by atoms with Crippen LogP contribution in [0.3, 0.4) is 0 Å². The topological polar surface area (TPSA) is 124 Å². The minimum Gasteiger partial charge on any atom is -0.476 e. The first-order valence-electron chi connectivity index (χ1n) is 10.1. The predicted molar refractivity (Wildman–Crippen MR) is 119 cm³/mol. The van der Waals surface area contributed by atoms with Crippen LogP contribution >= 0.6 is 11.6 Å². The molecule has 8 nitrogen and oxygen atoms in total. The zero-order valence-electron chi connectivity index (χ0n) is 17.7. The van der Waals surface area contributed by atoms with Crippen molar-refractivity contribution in [3.05, 3.63) is 51.9 Å². The van der Waals surface area contributed by atoms with Crippen molar-refractivity contribution in [2.45, 2.75) is 44.7 Å². The molecular formula is C22H19ClF2N6O2. The summed E-state index contributed by atoms with van der Waals surface area (Å²) in [6.45, 7) is 3.67. The average Bonchev–Trinajstić information content (AvgIpc) is 2.72. The van der Waals surface area contributed by atoms with E-state index in [2.05, 4.69) is 25.6 Å². The van der Waals surface area contributed by atoms with Gasteiger partial charge in [0.25, 0.3) is 5.92 Å². The molecule has 0 unspecified atom stereocenters. The Morgan fingerprint density at radius 3 is 2.67 bits per heavy atom. The molecule has 1 aliphatic rings. The molecule has 11 heteroatoms. The van der Waals surface area contributed by atoms with Crippen LogP contribution in [-0.2, 0) is 0 Å². The molecule has 0 saturated heterocycles. The molecule has 0 aliphatic heterocycles. The van der Waals surface area contributed by atoms with Gasteiger partial charge in [-0.05, 0) is 37.6 Å². The summed E-state index contributed by atoms with van der Waals surface area (Å²) in [6, 6.07) is 7.68. The fourth-order valence-corrected chi connectivity index (χ4v) is 3.97. The fraction of sp³-hybridized carbons (Fsp3) is 0.318. The van der Waals surface area contributed by atoms with Gasteiger partial charge >= 0.3 is 5.97 Å². The minimum atomic E-state index is -2.72. The van der Waals surface area contributed by atoms with E-state index in [0.717, 1.165) is 5.56 Å². The number of pyridine rings is 1. The van der Waals surface area contributed by atoms with E-state index in [4.69, 9.17) is 11.6 Å². The van der Waals surface area contributed by atoms with Gasteiger partial charge in [0.1, 0.15) is 11.2 Å². The molecule has 2 aromatic heterocycles. The number of fused-ring (bicyclic) bond motifs is 1. The van der Waals surface area contributed by atoms with Crippen LogP contribution in [0.25, 0.3) is 11.0 Å². The summed E-state index contributed by atoms with van der Waals surface area (Å²) in [7, 11) is 0. The van der Waals surface area contributed by atoms with Gasteiger partial charge in [-0.3, -0.25) is 0 Å². The third kappa shape index (κ3) is 4.64. The van der Waals surface area contributed by atoms with E-state index in [1.165, 1.54) is 12.1 Å². The number of anilines is 2. The van der Waals surface area contributed by atoms with Crippen LogP contribution in [0.5, 0.6) is 0 Å². The SMILES string of the molecule is Cc1cc([C@@H](C)Nc2ccc(Cl)nc2C(=O)O)c2nc(NC3CC(F)(F)C3)c(C#N)nc2c1. The van der Waals surface area contributed by atoms with Crippen molar-refractivity contribution in [2.75, 3.05) is 10.6 Å². The number of carboxylic acids is 1. The van der Waals surface area contributed by atoms with Crippen molar-refractivity contribution in [3.63, 3.8) is 0 Å². The van der Waals surface area contributed by atoms with E-state index in [0.29, 0.717) is 16.6 Å². The normalized spacial score (nSPS) is 16.0. The largest absolute Gasteiger partial charge is 0.476 e. The number of halogens is 3. The van der Waals surface area contributed by atoms with Gasteiger partial charge in [0.15, 0.2) is 17.2 Å². The zero-order valence-corrected chi connectivity index (χ0v) is 18.4. The maximum atomic E-state index is 13.3. The lowest BCUT2D eigenvalue weighted by molar-refractivity contribution is -0.0794. The van der Waals surface area contributed by atoms with Crippen molar-refractivity contribution < 1.29 is 18.7 Å². The van der Waals surface area contributed by atoms with Crippen LogP contribution in [0, 0.1) is 18.3 Å². The van der Waals surface area contributed by atoms with E-state index in [9.17, 15) is 23.9 Å². The zero-order chi connectivity index (χ0) is 23.9. The summed E-state index contributed by atoms with van der Waals surface area (Å²) in [6.07, 6.45) is -0.671. The Morgan fingerprint density at radius 1 is 1.30 bits per heavy atom. The molecule has 0 amide bonds. The highest BCUT2D eigenvalue weighted by Crippen LogP contribution is 2.39. The first kappa shape index (κ1) is 22.6. The van der Waals surface area contributed by atoms with E-state index in [1.807, 2.05) is 26.0 Å². The molecule has 3 aromatic rings. The number of nitrogens with zero attached hydrogens (tertiary/aromatic N) is 4. The quantitative estimate of drug-likeness (QED) is 0.431. The Balaban J connectivity index is 1.73. The molecule has 0 bridgehead atoms. The molecular weight excluding hydrogens is 454 g/mol. The molecule has 33 heavy (non-hydrogen) atoms. The second-order valence-corrected chi connectivity index (χ2v) is 8.45. The highest BCUT2D eigenvalue weighted by atomic mass is 35.5. The Labute approximate surface area is 192 Å². The number of alkyl halides is 2. The molecule has 170 valence electrons. The average molecular weight is 473 g/mol. The number of nitrogens with one attached hydrogen (secondary N) is 2. The summed E-state index contributed by atoms with van der Waals surface area (Å²) < 4.78 is 26.5. The van der Waals surface area contributed by atoms with Crippen molar-refractivity contribution in [2.24, 2.45) is 0 Å². The third-order valence-corrected chi connectivity index (χ3v) is 5.59. The van der Waals surface area contributed by atoms with Crippen LogP contribution in [0.2, 0.25) is 5.15 Å². The highest BCUT2D eigenvalue weighted by Gasteiger charge is 2.45. The molecule has 1 aliphatic carbocycles. The summed E-state index contributed by atoms with van der Waals surface area (Å²) >= 11 is 5.83. The monoisotopic (exact) mass is 472 g/mol. The maximum Gasteiger partial charge on any atom is 0.356 e. The number of aromatic carboxylic acids is 1. The summed E-state index contributed by atoms with van der Waals surface area (Å²) in [5.41, 5.74) is 2.54. The standard InChI is InChI=1S/C22H19ClF2N6O2/c1-10-5-13(11(2)27-14-3-4-17(23)30-19(14)21(32)33)18-15(6-10)29-16(9-26)20(31-18)28-12-7-22(24,25)8-12/h3-6,11-12,27H,7-8H2,1-2H3,(H,28,31)(H,32,33)/t11-/m1/s1. The first-order valence-corrected chi connectivity index (χ1v) is 10.5. The predicted octanol–water partition coefficient (Wildman–Crippen LogP) is 4.94. The van der Waals surface area contributed by atoms with Crippen molar-refractivity contribution in [3.8, 4) is 6.07 Å². The first-order chi connectivity index (χ1) is 15.6. The number of carboxylic acid groups (broad SMARTS) is 1. The van der Waals surface area contributed by atoms with E-state index < -0.39 is 24.0 Å². The van der Waals surface area contributed by atoms with Crippen molar-refractivity contribution in [1.29, 1.82) is 5.26 Å². The number of aryl methyl sites for hydroxylation is 1. The number of carbonyl (C=O) groups is 1. The van der Waals surface area contributed by atoms with Crippen LogP contribution in [-0.4, -0.2) is 38.0 Å². The van der Waals surface area contributed by atoms with Gasteiger partial charge < -0.3 is 15.7 Å². The summed E-state index contributed by atoms with van der Waals surface area (Å²) in [4.78, 5) is 24.4. The van der Waals surface area contributed by atoms with Gasteiger partial charge in [-0.15, -0.1) is 0 Å². The molecule has 1 aromatic carbocycles. The molecule has 1 saturated carbocycles. The maximum absolute atomic E-state index is 13.3. The van der Waals surface area contributed by atoms with Crippen molar-refractivity contribution in [1.82, 2.24) is 15.0 Å². The smallest absolute Gasteiger partial charge is 0.356 e. The molecule has 1 fully saturated rings. The fourth-order valence-electron chi connectivity index (χ4n) is 3.82. The van der Waals surface area contributed by atoms with Crippen LogP contribution in [0.15, 0.2) is 24.3 Å². The Bertz CT molecular complexity index is 1300. The van der Waals surface area contributed by atoms with Gasteiger partial charge in [-0.2, -0.15) is 5.26 Å². The molecule has 0 radical (unpaired) electrons. The molecule has 4 rings (SSSR count). The summed E-state index contributed by atoms with van der Waals surface area (Å²) in [5, 5.41) is 25.0. The van der Waals surface area contributed by atoms with Gasteiger partial charge in [0.05, 0.1) is 22.8 Å². The Kier molecular flexibility index (Phi) is 5.76. The lowest BCUT2D eigenvalue weighted by atomic mass is 9.88. The lowest BCUT2D eigenvalue weighted by Gasteiger charge is -2.35. The van der Waals surface area contributed by atoms with Gasteiger partial charge in [0.2, 0.25) is 0 Å². The number of benzene rings is 1. The van der Waals surface area contributed by atoms with E-state index in [1.54, 1.807) is 6.07 Å². The van der Waals surface area contributed by atoms with Gasteiger partial charge in [0, 0.05) is 24.4 Å². The molecule has 0 spiro atoms. The number of nitriles is 1.